The number of nitrogens with one attached hydrogen (secondary N) is 2. The molecule has 8 nitrogen and oxygen atoms in total. The number of carbonyl (C=O) groups is 2. The Morgan fingerprint density at radius 3 is 1.44 bits per heavy atom. The van der Waals surface area contributed by atoms with E-state index >= 15 is 0 Å². The van der Waals surface area contributed by atoms with Crippen molar-refractivity contribution in [3.63, 3.8) is 0 Å². The molecule has 2 heterocycles. The number of hydrogen-bond acceptors (Lipinski definition) is 6. The van der Waals surface area contributed by atoms with Crippen molar-refractivity contribution in [2.24, 2.45) is 0 Å². The Bertz CT molecular complexity index is 888. The summed E-state index contributed by atoms with van der Waals surface area (Å²) in [7, 11) is 0. The van der Waals surface area contributed by atoms with Crippen LogP contribution in [0.1, 0.15) is 11.1 Å². The summed E-state index contributed by atoms with van der Waals surface area (Å²) in [6.07, 6.45) is 0.529. The number of amides is 2. The van der Waals surface area contributed by atoms with Gasteiger partial charge in [-0.15, -0.1) is 0 Å². The summed E-state index contributed by atoms with van der Waals surface area (Å²) in [5.74, 6) is -0.187. The van der Waals surface area contributed by atoms with Gasteiger partial charge in [-0.2, -0.15) is 0 Å². The maximum atomic E-state index is 10.9. The van der Waals surface area contributed by atoms with Crippen LogP contribution in [0.4, 0.5) is 11.4 Å². The molecule has 2 aliphatic rings. The number of anilines is 2. The fraction of sp³-hybridized carbons (Fsp3) is 0.125. The van der Waals surface area contributed by atoms with Crippen molar-refractivity contribution in [3.8, 4) is 0 Å². The van der Waals surface area contributed by atoms with E-state index in [0.717, 1.165) is 11.1 Å². The zero-order chi connectivity index (χ0) is 18.8. The van der Waals surface area contributed by atoms with Crippen LogP contribution in [-0.2, 0) is 64.1 Å². The molecular formula is C16H12N2O6S2Zn. The first kappa shape index (κ1) is 21.5. The minimum atomic E-state index is -2.22. The first-order valence-electron chi connectivity index (χ1n) is 7.37. The predicted octanol–water partition coefficient (Wildman–Crippen LogP) is 0.836. The van der Waals surface area contributed by atoms with E-state index in [4.69, 9.17) is 0 Å². The summed E-state index contributed by atoms with van der Waals surface area (Å²) < 4.78 is 42.3. The number of hydrogen-bond donors (Lipinski definition) is 2. The predicted molar refractivity (Wildman–Crippen MR) is 91.9 cm³/mol. The number of fused-ring (bicyclic) bond motifs is 2. The first-order valence-corrected chi connectivity index (χ1v) is 9.52. The van der Waals surface area contributed by atoms with Crippen LogP contribution in [0.5, 0.6) is 0 Å². The Kier molecular flexibility index (Phi) is 7.13. The summed E-state index contributed by atoms with van der Waals surface area (Å²) in [6, 6.07) is 9.16. The topological polar surface area (TPSA) is 138 Å². The van der Waals surface area contributed by atoms with Crippen LogP contribution in [0, 0.1) is 0 Å². The van der Waals surface area contributed by atoms with E-state index in [-0.39, 0.29) is 53.9 Å². The molecule has 2 aromatic rings. The molecule has 0 radical (unpaired) electrons. The van der Waals surface area contributed by atoms with Crippen LogP contribution < -0.4 is 10.6 Å². The van der Waals surface area contributed by atoms with Crippen molar-refractivity contribution in [3.05, 3.63) is 47.5 Å². The summed E-state index contributed by atoms with van der Waals surface area (Å²) in [5.41, 5.74) is 2.90. The van der Waals surface area contributed by atoms with E-state index < -0.39 is 22.2 Å². The molecule has 0 bridgehead atoms. The quantitative estimate of drug-likeness (QED) is 0.506. The van der Waals surface area contributed by atoms with Crippen LogP contribution in [-0.4, -0.2) is 29.3 Å². The molecule has 2 aliphatic heterocycles. The zero-order valence-electron chi connectivity index (χ0n) is 13.9. The summed E-state index contributed by atoms with van der Waals surface area (Å²) in [6.45, 7) is 0. The average Bonchev–Trinajstić information content (AvgIpc) is 3.13. The van der Waals surface area contributed by atoms with Crippen LogP contribution in [0.25, 0.3) is 0 Å². The molecule has 136 valence electrons. The average molecular weight is 458 g/mol. The van der Waals surface area contributed by atoms with Crippen molar-refractivity contribution in [2.75, 3.05) is 10.6 Å². The van der Waals surface area contributed by atoms with Crippen molar-refractivity contribution >= 4 is 45.4 Å². The van der Waals surface area contributed by atoms with E-state index in [9.17, 15) is 27.1 Å². The van der Waals surface area contributed by atoms with Gasteiger partial charge in [-0.1, -0.05) is 0 Å². The molecule has 0 spiro atoms. The second-order valence-corrected chi connectivity index (χ2v) is 7.44. The molecule has 11 heteroatoms. The van der Waals surface area contributed by atoms with Gasteiger partial charge >= 0.3 is 19.5 Å². The van der Waals surface area contributed by atoms with Crippen molar-refractivity contribution in [1.82, 2.24) is 0 Å². The van der Waals surface area contributed by atoms with E-state index in [1.165, 1.54) is 24.3 Å². The molecule has 4 rings (SSSR count). The maximum absolute atomic E-state index is 10.9. The summed E-state index contributed by atoms with van der Waals surface area (Å²) in [4.78, 5) is 22.3. The van der Waals surface area contributed by atoms with Crippen molar-refractivity contribution < 1.29 is 46.6 Å². The number of benzene rings is 2. The van der Waals surface area contributed by atoms with E-state index in [2.05, 4.69) is 10.6 Å². The SMILES string of the molecule is O=C1Cc2cc(S(=O)[O-])ccc2N1.O=C1Cc2cc(S(=O)[O-])ccc2N1.[Zn+2]. The molecule has 2 amide bonds. The molecule has 2 unspecified atom stereocenters. The molecule has 2 N–H and O–H groups in total. The van der Waals surface area contributed by atoms with Gasteiger partial charge in [0, 0.05) is 21.2 Å². The van der Waals surface area contributed by atoms with Gasteiger partial charge in [0.1, 0.15) is 0 Å². The molecule has 2 aromatic carbocycles. The Balaban J connectivity index is 0.000000187. The minimum Gasteiger partial charge on any atom is -0.768 e. The second kappa shape index (κ2) is 8.94. The Labute approximate surface area is 172 Å². The molecule has 27 heavy (non-hydrogen) atoms. The summed E-state index contributed by atoms with van der Waals surface area (Å²) in [5, 5.41) is 5.25. The third kappa shape index (κ3) is 5.14. The zero-order valence-corrected chi connectivity index (χ0v) is 18.5. The third-order valence-corrected chi connectivity index (χ3v) is 5.07. The largest absolute Gasteiger partial charge is 2.00 e. The van der Waals surface area contributed by atoms with Crippen molar-refractivity contribution in [2.45, 2.75) is 22.6 Å². The van der Waals surface area contributed by atoms with E-state index in [1.54, 1.807) is 12.1 Å². The molecule has 0 aromatic heterocycles. The van der Waals surface area contributed by atoms with Gasteiger partial charge in [0.25, 0.3) is 0 Å². The van der Waals surface area contributed by atoms with Gasteiger partial charge in [-0.3, -0.25) is 18.0 Å². The first-order chi connectivity index (χ1) is 12.3. The normalized spacial score (nSPS) is 15.9. The fourth-order valence-electron chi connectivity index (χ4n) is 2.62. The molecule has 0 fully saturated rings. The van der Waals surface area contributed by atoms with E-state index in [1.807, 2.05) is 0 Å². The van der Waals surface area contributed by atoms with Crippen LogP contribution >= 0.6 is 0 Å². The second-order valence-electron chi connectivity index (χ2n) is 5.56. The van der Waals surface area contributed by atoms with Gasteiger partial charge in [0.05, 0.1) is 12.8 Å². The minimum absolute atomic E-state index is 0. The number of carbonyl (C=O) groups excluding carboxylic acids is 2. The maximum Gasteiger partial charge on any atom is 2.00 e. The van der Waals surface area contributed by atoms with Gasteiger partial charge < -0.3 is 19.7 Å². The van der Waals surface area contributed by atoms with Crippen molar-refractivity contribution in [1.29, 1.82) is 0 Å². The van der Waals surface area contributed by atoms with Gasteiger partial charge in [0.2, 0.25) is 11.8 Å². The molecule has 0 saturated carbocycles. The molecular weight excluding hydrogens is 446 g/mol. The standard InChI is InChI=1S/2C8H7NO3S.Zn/c2*10-8-4-5-3-6(13(11)12)1-2-7(5)9-8;/h2*1-3H,4H2,(H,9,10)(H,11,12);/q;;+2/p-2. The van der Waals surface area contributed by atoms with Crippen LogP contribution in [0.3, 0.4) is 0 Å². The van der Waals surface area contributed by atoms with Crippen LogP contribution in [0.15, 0.2) is 46.2 Å². The number of rotatable bonds is 2. The fourth-order valence-corrected chi connectivity index (χ4v) is 3.45. The van der Waals surface area contributed by atoms with Gasteiger partial charge in [-0.05, 0) is 69.7 Å². The summed E-state index contributed by atoms with van der Waals surface area (Å²) >= 11 is -4.44. The monoisotopic (exact) mass is 456 g/mol. The van der Waals surface area contributed by atoms with E-state index in [0.29, 0.717) is 11.4 Å². The van der Waals surface area contributed by atoms with Gasteiger partial charge in [-0.25, -0.2) is 0 Å². The Hall–Kier alpha value is -1.78. The Morgan fingerprint density at radius 2 is 1.11 bits per heavy atom. The third-order valence-electron chi connectivity index (χ3n) is 3.79. The molecule has 2 atom stereocenters. The Morgan fingerprint density at radius 1 is 0.741 bits per heavy atom. The van der Waals surface area contributed by atoms with Gasteiger partial charge in [0.15, 0.2) is 0 Å². The van der Waals surface area contributed by atoms with Crippen LogP contribution in [0.2, 0.25) is 0 Å². The molecule has 0 aliphatic carbocycles. The molecule has 0 saturated heterocycles. The smallest absolute Gasteiger partial charge is 0.768 e.